The Morgan fingerprint density at radius 2 is 1.00 bits per heavy atom. The van der Waals surface area contributed by atoms with Gasteiger partial charge in [-0.1, -0.05) is 176 Å². The van der Waals surface area contributed by atoms with E-state index in [1.165, 1.54) is 38.8 Å². The van der Waals surface area contributed by atoms with Crippen molar-refractivity contribution in [3.63, 3.8) is 0 Å². The van der Waals surface area contributed by atoms with Gasteiger partial charge in [-0.3, -0.25) is 0 Å². The molecule has 1 N–H and O–H groups in total. The highest BCUT2D eigenvalue weighted by Gasteiger charge is 2.51. The minimum Gasteiger partial charge on any atom is -0.457 e. The molecule has 3 aliphatic rings. The van der Waals surface area contributed by atoms with Gasteiger partial charge in [-0.05, 0) is 56.3 Å². The van der Waals surface area contributed by atoms with Crippen molar-refractivity contribution in [2.24, 2.45) is 9.98 Å². The summed E-state index contributed by atoms with van der Waals surface area (Å²) in [6.07, 6.45) is -0.413. The third-order valence-electron chi connectivity index (χ3n) is 11.2. The molecule has 0 saturated heterocycles. The van der Waals surface area contributed by atoms with Gasteiger partial charge in [0.05, 0.1) is 5.41 Å². The first kappa shape index (κ1) is 30.6. The molecule has 2 aliphatic heterocycles. The number of hydrogen-bond acceptors (Lipinski definition) is 4. The fourth-order valence-electron chi connectivity index (χ4n) is 9.00. The van der Waals surface area contributed by atoms with Crippen molar-refractivity contribution in [1.29, 1.82) is 0 Å². The van der Waals surface area contributed by atoms with Crippen molar-refractivity contribution < 1.29 is 4.74 Å². The Morgan fingerprint density at radius 1 is 0.444 bits per heavy atom. The van der Waals surface area contributed by atoms with Gasteiger partial charge >= 0.3 is 0 Å². The summed E-state index contributed by atoms with van der Waals surface area (Å²) in [7, 11) is 0. The monoisotopic (exact) mass is 691 g/mol. The molecule has 254 valence electrons. The number of nitrogens with zero attached hydrogens (tertiary/aromatic N) is 2. The fraction of sp³-hybridized carbons (Fsp3) is 0.0400. The zero-order valence-electron chi connectivity index (χ0n) is 29.3. The lowest BCUT2D eigenvalue weighted by atomic mass is 9.66. The van der Waals surface area contributed by atoms with Crippen molar-refractivity contribution in [2.45, 2.75) is 11.6 Å². The Bertz CT molecular complexity index is 2790. The normalized spacial score (nSPS) is 15.9. The van der Waals surface area contributed by atoms with Crippen LogP contribution in [0.15, 0.2) is 198 Å². The van der Waals surface area contributed by atoms with E-state index >= 15 is 0 Å². The summed E-state index contributed by atoms with van der Waals surface area (Å²) < 4.78 is 6.59. The number of ether oxygens (including phenoxy) is 1. The topological polar surface area (TPSA) is 46.0 Å². The Hall–Kier alpha value is -7.04. The van der Waals surface area contributed by atoms with E-state index in [0.717, 1.165) is 50.5 Å². The first-order chi connectivity index (χ1) is 26.8. The molecule has 4 heteroatoms. The molecule has 0 aromatic heterocycles. The van der Waals surface area contributed by atoms with Gasteiger partial charge in [-0.15, -0.1) is 0 Å². The minimum atomic E-state index is -0.561. The average Bonchev–Trinajstić information content (AvgIpc) is 3.54. The lowest BCUT2D eigenvalue weighted by Gasteiger charge is -2.39. The number of nitrogens with one attached hydrogen (secondary N) is 1. The number of amidine groups is 2. The van der Waals surface area contributed by atoms with E-state index in [1.54, 1.807) is 0 Å². The van der Waals surface area contributed by atoms with Gasteiger partial charge in [0.15, 0.2) is 5.84 Å². The van der Waals surface area contributed by atoms with E-state index in [0.29, 0.717) is 5.84 Å². The quantitative estimate of drug-likeness (QED) is 0.200. The van der Waals surface area contributed by atoms with Gasteiger partial charge in [0.1, 0.15) is 23.5 Å². The summed E-state index contributed by atoms with van der Waals surface area (Å²) in [6, 6.07) is 66.5. The molecule has 0 bridgehead atoms. The number of benzene rings is 8. The van der Waals surface area contributed by atoms with E-state index in [9.17, 15) is 0 Å². The van der Waals surface area contributed by atoms with E-state index in [2.05, 4.69) is 175 Å². The molecule has 8 aromatic carbocycles. The molecule has 11 rings (SSSR count). The van der Waals surface area contributed by atoms with Gasteiger partial charge in [-0.25, -0.2) is 9.98 Å². The lowest BCUT2D eigenvalue weighted by Crippen LogP contribution is -2.34. The number of aliphatic imine (C=N–C) groups is 2. The maximum atomic E-state index is 6.59. The first-order valence-electron chi connectivity index (χ1n) is 18.5. The summed E-state index contributed by atoms with van der Waals surface area (Å²) in [5.41, 5.74) is 12.1. The SMILES string of the molecule is c1ccc(C2=NC(c3cccc4c3-c3ccccc3C43c4ccccc4Oc4ccccc43)NC(c3ccc(-c4ccccc4)c4ccccc34)=N2)cc1. The van der Waals surface area contributed by atoms with Gasteiger partial charge < -0.3 is 10.1 Å². The molecule has 0 saturated carbocycles. The zero-order valence-corrected chi connectivity index (χ0v) is 29.3. The summed E-state index contributed by atoms with van der Waals surface area (Å²) in [6.45, 7) is 0. The van der Waals surface area contributed by atoms with Crippen LogP contribution in [0.25, 0.3) is 33.0 Å². The maximum absolute atomic E-state index is 6.59. The highest BCUT2D eigenvalue weighted by Crippen LogP contribution is 2.62. The van der Waals surface area contributed by atoms with E-state index in [1.807, 2.05) is 18.2 Å². The second-order valence-electron chi connectivity index (χ2n) is 14.1. The maximum Gasteiger partial charge on any atom is 0.159 e. The molecule has 1 aliphatic carbocycles. The summed E-state index contributed by atoms with van der Waals surface area (Å²) in [5.74, 6) is 3.25. The van der Waals surface area contributed by atoms with Crippen molar-refractivity contribution in [2.75, 3.05) is 0 Å². The van der Waals surface area contributed by atoms with Gasteiger partial charge in [-0.2, -0.15) is 0 Å². The molecule has 2 heterocycles. The zero-order chi connectivity index (χ0) is 35.6. The molecular weight excluding hydrogens is 659 g/mol. The van der Waals surface area contributed by atoms with Gasteiger partial charge in [0.25, 0.3) is 0 Å². The Kier molecular flexibility index (Phi) is 6.80. The molecule has 1 unspecified atom stereocenters. The lowest BCUT2D eigenvalue weighted by molar-refractivity contribution is 0.436. The van der Waals surface area contributed by atoms with Crippen LogP contribution >= 0.6 is 0 Å². The number of rotatable bonds is 4. The second kappa shape index (κ2) is 12.0. The van der Waals surface area contributed by atoms with E-state index in [4.69, 9.17) is 14.7 Å². The standard InChI is InChI=1S/C50H33N3O/c1-3-16-32(17-4-1)34-30-31-37(36-21-8-7-20-35(34)36)48-51-47(33-18-5-2-6-19-33)52-49(53-48)39-23-15-27-43-46(39)38-22-9-10-24-40(38)50(43)41-25-11-13-28-44(41)54-45-29-14-12-26-42(45)50/h1-31,49H,(H,51,52,53). The molecule has 4 nitrogen and oxygen atoms in total. The molecule has 8 aromatic rings. The molecular formula is C50H33N3O. The van der Waals surface area contributed by atoms with Crippen molar-refractivity contribution in [1.82, 2.24) is 5.32 Å². The predicted octanol–water partition coefficient (Wildman–Crippen LogP) is 11.5. The Morgan fingerprint density at radius 3 is 1.72 bits per heavy atom. The molecule has 0 radical (unpaired) electrons. The predicted molar refractivity (Wildman–Crippen MR) is 219 cm³/mol. The largest absolute Gasteiger partial charge is 0.457 e. The Labute approximate surface area is 313 Å². The van der Waals surface area contributed by atoms with Crippen LogP contribution in [-0.2, 0) is 5.41 Å². The smallest absolute Gasteiger partial charge is 0.159 e. The average molecular weight is 692 g/mol. The van der Waals surface area contributed by atoms with Gasteiger partial charge in [0.2, 0.25) is 0 Å². The molecule has 1 spiro atoms. The van der Waals surface area contributed by atoms with E-state index in [-0.39, 0.29) is 0 Å². The summed E-state index contributed by atoms with van der Waals surface area (Å²) in [5, 5.41) is 6.18. The van der Waals surface area contributed by atoms with Crippen LogP contribution in [0.2, 0.25) is 0 Å². The minimum absolute atomic E-state index is 0.413. The molecule has 1 atom stereocenters. The summed E-state index contributed by atoms with van der Waals surface area (Å²) >= 11 is 0. The highest BCUT2D eigenvalue weighted by atomic mass is 16.5. The number of hydrogen-bond donors (Lipinski definition) is 1. The van der Waals surface area contributed by atoms with Crippen LogP contribution in [0.4, 0.5) is 0 Å². The van der Waals surface area contributed by atoms with Crippen LogP contribution in [0.5, 0.6) is 11.5 Å². The van der Waals surface area contributed by atoms with Crippen molar-refractivity contribution >= 4 is 22.4 Å². The molecule has 0 amide bonds. The van der Waals surface area contributed by atoms with Crippen LogP contribution < -0.4 is 10.1 Å². The van der Waals surface area contributed by atoms with Gasteiger partial charge in [0, 0.05) is 27.8 Å². The Balaban J connectivity index is 1.13. The van der Waals surface area contributed by atoms with Crippen molar-refractivity contribution in [3.05, 3.63) is 227 Å². The van der Waals surface area contributed by atoms with Crippen molar-refractivity contribution in [3.8, 4) is 33.8 Å². The van der Waals surface area contributed by atoms with Crippen LogP contribution in [0.1, 0.15) is 45.1 Å². The molecule has 0 fully saturated rings. The first-order valence-corrected chi connectivity index (χ1v) is 18.5. The third kappa shape index (κ3) is 4.44. The highest BCUT2D eigenvalue weighted by molar-refractivity contribution is 6.19. The number of fused-ring (bicyclic) bond motifs is 10. The summed E-state index contributed by atoms with van der Waals surface area (Å²) in [4.78, 5) is 10.7. The fourth-order valence-corrected chi connectivity index (χ4v) is 9.00. The number of para-hydroxylation sites is 2. The molecule has 54 heavy (non-hydrogen) atoms. The third-order valence-corrected chi connectivity index (χ3v) is 11.2. The van der Waals surface area contributed by atoms with Crippen LogP contribution in [0, 0.1) is 0 Å². The van der Waals surface area contributed by atoms with Crippen LogP contribution in [0.3, 0.4) is 0 Å². The van der Waals surface area contributed by atoms with E-state index < -0.39 is 11.6 Å². The van der Waals surface area contributed by atoms with Crippen LogP contribution in [-0.4, -0.2) is 11.7 Å². The second-order valence-corrected chi connectivity index (χ2v) is 14.1.